The van der Waals surface area contributed by atoms with Crippen molar-refractivity contribution in [2.75, 3.05) is 20.8 Å². The molecule has 5 rings (SSSR count). The van der Waals surface area contributed by atoms with E-state index in [1.807, 2.05) is 53.4 Å². The Bertz CT molecular complexity index is 1220. The SMILES string of the molecule is COc1cc2c(cc1OC)CN(C(=O)c1ccc3c(c1)C[C@H](c1ccccc1)OC3=O)CC2. The van der Waals surface area contributed by atoms with Gasteiger partial charge in [-0.05, 0) is 59.0 Å². The number of nitrogens with zero attached hydrogens (tertiary/aromatic N) is 1. The van der Waals surface area contributed by atoms with Crippen molar-refractivity contribution >= 4 is 11.9 Å². The predicted molar refractivity (Wildman–Crippen MR) is 123 cm³/mol. The van der Waals surface area contributed by atoms with E-state index < -0.39 is 0 Å². The summed E-state index contributed by atoms with van der Waals surface area (Å²) in [4.78, 5) is 27.8. The number of methoxy groups -OCH3 is 2. The summed E-state index contributed by atoms with van der Waals surface area (Å²) in [6.45, 7) is 1.12. The number of benzene rings is 3. The Kier molecular flexibility index (Phi) is 5.50. The van der Waals surface area contributed by atoms with Crippen molar-refractivity contribution in [2.45, 2.75) is 25.5 Å². The first-order valence-electron chi connectivity index (χ1n) is 11.0. The first-order chi connectivity index (χ1) is 16.1. The highest BCUT2D eigenvalue weighted by molar-refractivity contribution is 5.98. The van der Waals surface area contributed by atoms with Crippen molar-refractivity contribution in [3.05, 3.63) is 94.0 Å². The molecule has 0 saturated heterocycles. The number of fused-ring (bicyclic) bond motifs is 2. The topological polar surface area (TPSA) is 65.1 Å². The van der Waals surface area contributed by atoms with E-state index in [1.165, 1.54) is 0 Å². The van der Waals surface area contributed by atoms with Crippen molar-refractivity contribution in [2.24, 2.45) is 0 Å². The number of esters is 1. The number of ether oxygens (including phenoxy) is 3. The largest absolute Gasteiger partial charge is 0.493 e. The molecule has 0 aliphatic carbocycles. The van der Waals surface area contributed by atoms with Gasteiger partial charge in [0.2, 0.25) is 0 Å². The lowest BCUT2D eigenvalue weighted by Gasteiger charge is -2.30. The van der Waals surface area contributed by atoms with Crippen LogP contribution in [0.4, 0.5) is 0 Å². The second-order valence-corrected chi connectivity index (χ2v) is 8.33. The number of hydrogen-bond acceptors (Lipinski definition) is 5. The molecule has 3 aromatic carbocycles. The maximum absolute atomic E-state index is 13.4. The van der Waals surface area contributed by atoms with Crippen LogP contribution >= 0.6 is 0 Å². The van der Waals surface area contributed by atoms with E-state index in [0.717, 1.165) is 28.7 Å². The fourth-order valence-electron chi connectivity index (χ4n) is 4.62. The third-order valence-electron chi connectivity index (χ3n) is 6.40. The molecule has 6 nitrogen and oxygen atoms in total. The smallest absolute Gasteiger partial charge is 0.339 e. The third-order valence-corrected chi connectivity index (χ3v) is 6.40. The fraction of sp³-hybridized carbons (Fsp3) is 0.259. The maximum atomic E-state index is 13.4. The van der Waals surface area contributed by atoms with Crippen molar-refractivity contribution in [3.8, 4) is 11.5 Å². The zero-order valence-electron chi connectivity index (χ0n) is 18.7. The van der Waals surface area contributed by atoms with Crippen molar-refractivity contribution in [1.82, 2.24) is 4.90 Å². The van der Waals surface area contributed by atoms with Crippen LogP contribution in [0.2, 0.25) is 0 Å². The van der Waals surface area contributed by atoms with Gasteiger partial charge in [0.25, 0.3) is 5.91 Å². The minimum atomic E-state index is -0.350. The van der Waals surface area contributed by atoms with Gasteiger partial charge in [-0.2, -0.15) is 0 Å². The number of hydrogen-bond donors (Lipinski definition) is 0. The Hall–Kier alpha value is -3.80. The molecule has 0 spiro atoms. The summed E-state index contributed by atoms with van der Waals surface area (Å²) in [5.74, 6) is 0.959. The summed E-state index contributed by atoms with van der Waals surface area (Å²) in [7, 11) is 3.23. The highest BCUT2D eigenvalue weighted by Crippen LogP contribution is 2.34. The lowest BCUT2D eigenvalue weighted by Crippen LogP contribution is -2.36. The Morgan fingerprint density at radius 3 is 2.39 bits per heavy atom. The second kappa shape index (κ2) is 8.62. The minimum Gasteiger partial charge on any atom is -0.493 e. The summed E-state index contributed by atoms with van der Waals surface area (Å²) >= 11 is 0. The van der Waals surface area contributed by atoms with Crippen molar-refractivity contribution < 1.29 is 23.8 Å². The lowest BCUT2D eigenvalue weighted by molar-refractivity contribution is 0.0252. The number of amides is 1. The molecule has 0 saturated carbocycles. The van der Waals surface area contributed by atoms with Gasteiger partial charge in [-0.15, -0.1) is 0 Å². The number of carbonyl (C=O) groups excluding carboxylic acids is 2. The van der Waals surface area contributed by atoms with E-state index in [4.69, 9.17) is 14.2 Å². The van der Waals surface area contributed by atoms with Crippen LogP contribution in [0.15, 0.2) is 60.7 Å². The standard InChI is InChI=1S/C27H25NO5/c1-31-24-13-18-10-11-28(16-21(18)15-25(24)32-2)26(29)19-8-9-22-20(12-19)14-23(33-27(22)30)17-6-4-3-5-7-17/h3-9,12-13,15,23H,10-11,14,16H2,1-2H3/t23-/m1/s1. The van der Waals surface area contributed by atoms with Crippen LogP contribution in [-0.2, 0) is 24.1 Å². The molecule has 2 aliphatic heterocycles. The molecule has 0 bridgehead atoms. The summed E-state index contributed by atoms with van der Waals surface area (Å²) in [5, 5.41) is 0. The van der Waals surface area contributed by atoms with Crippen LogP contribution < -0.4 is 9.47 Å². The van der Waals surface area contributed by atoms with Gasteiger partial charge in [-0.1, -0.05) is 30.3 Å². The molecule has 168 valence electrons. The molecule has 0 N–H and O–H groups in total. The molecule has 0 unspecified atom stereocenters. The first-order valence-corrected chi connectivity index (χ1v) is 11.0. The highest BCUT2D eigenvalue weighted by Gasteiger charge is 2.29. The van der Waals surface area contributed by atoms with E-state index in [-0.39, 0.29) is 18.0 Å². The molecule has 33 heavy (non-hydrogen) atoms. The Balaban J connectivity index is 1.39. The van der Waals surface area contributed by atoms with Crippen molar-refractivity contribution in [3.63, 3.8) is 0 Å². The molecule has 2 heterocycles. The molecule has 1 amide bonds. The highest BCUT2D eigenvalue weighted by atomic mass is 16.5. The second-order valence-electron chi connectivity index (χ2n) is 8.33. The van der Waals surface area contributed by atoms with Gasteiger partial charge in [0.1, 0.15) is 6.10 Å². The molecule has 0 radical (unpaired) electrons. The monoisotopic (exact) mass is 443 g/mol. The van der Waals surface area contributed by atoms with Crippen LogP contribution in [0, 0.1) is 0 Å². The van der Waals surface area contributed by atoms with E-state index >= 15 is 0 Å². The van der Waals surface area contributed by atoms with Crippen LogP contribution in [-0.4, -0.2) is 37.5 Å². The quantitative estimate of drug-likeness (QED) is 0.561. The van der Waals surface area contributed by atoms with Crippen LogP contribution in [0.25, 0.3) is 0 Å². The molecule has 2 aliphatic rings. The molecule has 0 aromatic heterocycles. The minimum absolute atomic E-state index is 0.0477. The van der Waals surface area contributed by atoms with Gasteiger partial charge in [0.05, 0.1) is 19.8 Å². The Morgan fingerprint density at radius 2 is 1.67 bits per heavy atom. The van der Waals surface area contributed by atoms with Crippen LogP contribution in [0.1, 0.15) is 49.1 Å². The normalized spacial score (nSPS) is 17.0. The molecule has 6 heteroatoms. The zero-order chi connectivity index (χ0) is 22.9. The van der Waals surface area contributed by atoms with Gasteiger partial charge in [-0.25, -0.2) is 4.79 Å². The van der Waals surface area contributed by atoms with E-state index in [1.54, 1.807) is 26.4 Å². The number of carbonyl (C=O) groups is 2. The Morgan fingerprint density at radius 1 is 0.939 bits per heavy atom. The molecule has 0 fully saturated rings. The first kappa shape index (κ1) is 21.1. The Labute approximate surface area is 192 Å². The average Bonchev–Trinajstić information content (AvgIpc) is 2.87. The lowest BCUT2D eigenvalue weighted by atomic mass is 9.92. The zero-order valence-corrected chi connectivity index (χ0v) is 18.7. The van der Waals surface area contributed by atoms with Crippen molar-refractivity contribution in [1.29, 1.82) is 0 Å². The molecular weight excluding hydrogens is 418 g/mol. The summed E-state index contributed by atoms with van der Waals surface area (Å²) < 4.78 is 16.5. The fourth-order valence-corrected chi connectivity index (χ4v) is 4.62. The van der Waals surface area contributed by atoms with E-state index in [2.05, 4.69) is 0 Å². The van der Waals surface area contributed by atoms with Gasteiger partial charge in [0.15, 0.2) is 11.5 Å². The number of cyclic esters (lactones) is 1. The number of rotatable bonds is 4. The predicted octanol–water partition coefficient (Wildman–Crippen LogP) is 4.36. The van der Waals surface area contributed by atoms with Gasteiger partial charge >= 0.3 is 5.97 Å². The maximum Gasteiger partial charge on any atom is 0.339 e. The van der Waals surface area contributed by atoms with Gasteiger partial charge in [0, 0.05) is 25.1 Å². The molecule has 3 aromatic rings. The average molecular weight is 443 g/mol. The summed E-state index contributed by atoms with van der Waals surface area (Å²) in [6.07, 6.45) is 0.946. The van der Waals surface area contributed by atoms with Gasteiger partial charge in [-0.3, -0.25) is 4.79 Å². The van der Waals surface area contributed by atoms with E-state index in [9.17, 15) is 9.59 Å². The van der Waals surface area contributed by atoms with Crippen LogP contribution in [0.3, 0.4) is 0 Å². The summed E-state index contributed by atoms with van der Waals surface area (Å²) in [5.41, 5.74) is 5.12. The molecule has 1 atom stereocenters. The van der Waals surface area contributed by atoms with Crippen LogP contribution in [0.5, 0.6) is 11.5 Å². The summed E-state index contributed by atoms with van der Waals surface area (Å²) in [6, 6.07) is 18.9. The molecular formula is C27H25NO5. The third kappa shape index (κ3) is 3.93. The van der Waals surface area contributed by atoms with E-state index in [0.29, 0.717) is 42.1 Å². The van der Waals surface area contributed by atoms with Gasteiger partial charge < -0.3 is 19.1 Å².